The molecule has 1 aliphatic rings. The van der Waals surface area contributed by atoms with Crippen molar-refractivity contribution in [3.05, 3.63) is 85.5 Å². The van der Waals surface area contributed by atoms with Crippen LogP contribution in [0.25, 0.3) is 12.2 Å². The molecule has 1 unspecified atom stereocenters. The zero-order valence-corrected chi connectivity index (χ0v) is 24.7. The summed E-state index contributed by atoms with van der Waals surface area (Å²) in [5.41, 5.74) is 3.27. The molecule has 0 aromatic heterocycles. The second-order valence-electron chi connectivity index (χ2n) is 11.4. The van der Waals surface area contributed by atoms with Gasteiger partial charge in [0.15, 0.2) is 0 Å². The number of unbranched alkanes of at least 4 members (excludes halogenated alkanes) is 9. The van der Waals surface area contributed by atoms with Gasteiger partial charge in [0.2, 0.25) is 0 Å². The van der Waals surface area contributed by atoms with Crippen molar-refractivity contribution in [1.82, 2.24) is 0 Å². The van der Waals surface area contributed by atoms with Crippen molar-refractivity contribution in [2.75, 3.05) is 0 Å². The van der Waals surface area contributed by atoms with Gasteiger partial charge in [-0.2, -0.15) is 0 Å². The van der Waals surface area contributed by atoms with Gasteiger partial charge in [0.05, 0.1) is 0 Å². The minimum atomic E-state index is -2.03. The highest BCUT2D eigenvalue weighted by atomic mass is 28.3. The average Bonchev–Trinajstić information content (AvgIpc) is 2.96. The predicted molar refractivity (Wildman–Crippen MR) is 171 cm³/mol. The number of rotatable bonds is 17. The number of hydrogen-bond donors (Lipinski definition) is 0. The maximum Gasteiger partial charge on any atom is 0.121 e. The standard InChI is InChI=1S/C36H52Si/c1-5-9-10-11-12-13-14-15-16-17-27-37(34-24-18-21-31(6-2)28-34,35-25-19-22-32(7-3)29-35)36-26-20-23-33(8-4)30-36/h6-8,18-19,21-22,24-25,28-29,33,36H,2-5,9-17,20,23,26-27,30H2,1H3/t33?,36-/m1/s1. The Labute approximate surface area is 230 Å². The molecule has 0 saturated heterocycles. The summed E-state index contributed by atoms with van der Waals surface area (Å²) in [6.45, 7) is 14.7. The molecule has 200 valence electrons. The zero-order valence-electron chi connectivity index (χ0n) is 23.7. The molecular weight excluding hydrogens is 460 g/mol. The molecule has 0 spiro atoms. The summed E-state index contributed by atoms with van der Waals surface area (Å²) in [6.07, 6.45) is 25.5. The molecule has 0 radical (unpaired) electrons. The Morgan fingerprint density at radius 1 is 0.730 bits per heavy atom. The summed E-state index contributed by atoms with van der Waals surface area (Å²) in [6, 6.07) is 20.2. The molecule has 3 rings (SSSR count). The van der Waals surface area contributed by atoms with E-state index in [9.17, 15) is 0 Å². The minimum absolute atomic E-state index is 0.656. The molecule has 1 saturated carbocycles. The van der Waals surface area contributed by atoms with Crippen molar-refractivity contribution in [3.63, 3.8) is 0 Å². The lowest BCUT2D eigenvalue weighted by atomic mass is 9.89. The maximum atomic E-state index is 4.22. The lowest BCUT2D eigenvalue weighted by Crippen LogP contribution is -2.62. The van der Waals surface area contributed by atoms with E-state index in [1.165, 1.54) is 107 Å². The first kappa shape index (κ1) is 29.4. The first-order valence-electron chi connectivity index (χ1n) is 15.3. The molecule has 0 aliphatic heterocycles. The molecule has 2 aromatic rings. The monoisotopic (exact) mass is 512 g/mol. The highest BCUT2D eigenvalue weighted by Gasteiger charge is 2.45. The average molecular weight is 513 g/mol. The van der Waals surface area contributed by atoms with Gasteiger partial charge in [-0.05, 0) is 41.5 Å². The van der Waals surface area contributed by atoms with Crippen molar-refractivity contribution >= 4 is 30.6 Å². The molecule has 2 aromatic carbocycles. The number of hydrogen-bond acceptors (Lipinski definition) is 0. The third-order valence-electron chi connectivity index (χ3n) is 8.94. The third-order valence-corrected chi connectivity index (χ3v) is 14.7. The van der Waals surface area contributed by atoms with Crippen LogP contribution < -0.4 is 10.4 Å². The van der Waals surface area contributed by atoms with E-state index >= 15 is 0 Å². The van der Waals surface area contributed by atoms with Crippen LogP contribution in [0.5, 0.6) is 0 Å². The molecule has 1 heteroatoms. The van der Waals surface area contributed by atoms with Crippen molar-refractivity contribution < 1.29 is 0 Å². The van der Waals surface area contributed by atoms with E-state index in [-0.39, 0.29) is 0 Å². The van der Waals surface area contributed by atoms with E-state index in [2.05, 4.69) is 81.3 Å². The largest absolute Gasteiger partial charge is 0.121 e. The molecule has 0 heterocycles. The highest BCUT2D eigenvalue weighted by Crippen LogP contribution is 2.42. The molecule has 2 atom stereocenters. The Bertz CT molecular complexity index is 919. The van der Waals surface area contributed by atoms with Crippen LogP contribution in [0.3, 0.4) is 0 Å². The van der Waals surface area contributed by atoms with E-state index in [1.54, 1.807) is 10.4 Å². The van der Waals surface area contributed by atoms with Crippen LogP contribution in [-0.2, 0) is 0 Å². The van der Waals surface area contributed by atoms with E-state index in [0.717, 1.165) is 5.54 Å². The van der Waals surface area contributed by atoms with Gasteiger partial charge in [-0.3, -0.25) is 0 Å². The molecule has 0 N–H and O–H groups in total. The molecule has 0 nitrogen and oxygen atoms in total. The number of allylic oxidation sites excluding steroid dienone is 1. The molecule has 0 bridgehead atoms. The fourth-order valence-corrected chi connectivity index (χ4v) is 12.9. The van der Waals surface area contributed by atoms with Gasteiger partial charge >= 0.3 is 0 Å². The Balaban J connectivity index is 1.87. The summed E-state index contributed by atoms with van der Waals surface area (Å²) >= 11 is 0. The number of benzene rings is 2. The summed E-state index contributed by atoms with van der Waals surface area (Å²) in [5.74, 6) is 0.656. The third kappa shape index (κ3) is 8.18. The quantitative estimate of drug-likeness (QED) is 0.112. The topological polar surface area (TPSA) is 0 Å². The second kappa shape index (κ2) is 16.0. The van der Waals surface area contributed by atoms with Gasteiger partial charge in [-0.15, -0.1) is 6.58 Å². The summed E-state index contributed by atoms with van der Waals surface area (Å²) in [4.78, 5) is 0. The minimum Gasteiger partial charge on any atom is -0.103 e. The van der Waals surface area contributed by atoms with Gasteiger partial charge in [-0.1, -0.05) is 174 Å². The second-order valence-corrected chi connectivity index (χ2v) is 15.8. The van der Waals surface area contributed by atoms with E-state index in [0.29, 0.717) is 5.92 Å². The van der Waals surface area contributed by atoms with Gasteiger partial charge in [0.1, 0.15) is 8.07 Å². The van der Waals surface area contributed by atoms with E-state index in [4.69, 9.17) is 0 Å². The fraction of sp³-hybridized carbons (Fsp3) is 0.500. The van der Waals surface area contributed by atoms with Gasteiger partial charge < -0.3 is 0 Å². The van der Waals surface area contributed by atoms with Gasteiger partial charge in [-0.25, -0.2) is 0 Å². The summed E-state index contributed by atoms with van der Waals surface area (Å²) in [7, 11) is -2.03. The molecule has 1 fully saturated rings. The Morgan fingerprint density at radius 2 is 1.27 bits per heavy atom. The SMILES string of the molecule is C=Cc1cccc([Si](CCCCCCCCCCCC)(c2cccc(C=C)c2)[C@@H]2CCCC(C=C)C2)c1. The fourth-order valence-electron chi connectivity index (χ4n) is 6.80. The van der Waals surface area contributed by atoms with E-state index in [1.807, 2.05) is 12.2 Å². The lowest BCUT2D eigenvalue weighted by molar-refractivity contribution is 0.412. The van der Waals surface area contributed by atoms with Crippen LogP contribution in [0, 0.1) is 5.92 Å². The van der Waals surface area contributed by atoms with Crippen LogP contribution in [0.1, 0.15) is 108 Å². The summed E-state index contributed by atoms with van der Waals surface area (Å²) in [5, 5.41) is 3.22. The van der Waals surface area contributed by atoms with Crippen LogP contribution in [-0.4, -0.2) is 8.07 Å². The molecule has 37 heavy (non-hydrogen) atoms. The van der Waals surface area contributed by atoms with Crippen LogP contribution in [0.2, 0.25) is 11.6 Å². The normalized spacial score (nSPS) is 17.9. The van der Waals surface area contributed by atoms with Crippen molar-refractivity contribution in [2.24, 2.45) is 5.92 Å². The molecular formula is C36H52Si. The van der Waals surface area contributed by atoms with Crippen LogP contribution in [0.15, 0.2) is 74.3 Å². The maximum absolute atomic E-state index is 4.22. The first-order chi connectivity index (χ1) is 18.2. The van der Waals surface area contributed by atoms with Crippen LogP contribution >= 0.6 is 0 Å². The van der Waals surface area contributed by atoms with Crippen molar-refractivity contribution in [3.8, 4) is 0 Å². The Kier molecular flexibility index (Phi) is 12.7. The van der Waals surface area contributed by atoms with Gasteiger partial charge in [0.25, 0.3) is 0 Å². The zero-order chi connectivity index (χ0) is 26.3. The Morgan fingerprint density at radius 3 is 1.78 bits per heavy atom. The smallest absolute Gasteiger partial charge is 0.103 e. The Hall–Kier alpha value is -2.12. The van der Waals surface area contributed by atoms with E-state index < -0.39 is 8.07 Å². The van der Waals surface area contributed by atoms with Crippen LogP contribution in [0.4, 0.5) is 0 Å². The van der Waals surface area contributed by atoms with Crippen molar-refractivity contribution in [2.45, 2.75) is 108 Å². The predicted octanol–water partition coefficient (Wildman–Crippen LogP) is 10.2. The highest BCUT2D eigenvalue weighted by molar-refractivity contribution is 7.03. The first-order valence-corrected chi connectivity index (χ1v) is 17.5. The lowest BCUT2D eigenvalue weighted by Gasteiger charge is -2.44. The summed E-state index contributed by atoms with van der Waals surface area (Å²) < 4.78 is 0. The molecule has 1 aliphatic carbocycles. The molecule has 0 amide bonds. The van der Waals surface area contributed by atoms with Gasteiger partial charge in [0, 0.05) is 0 Å². The van der Waals surface area contributed by atoms with Crippen molar-refractivity contribution in [1.29, 1.82) is 0 Å².